The SMILES string of the molecule is CCCCCCCCCCCCS(=O)(=O)CCOc1ccc(C/C=C(\OP(=O)(CC)CC)C(F)(F)F)cc1. The fourth-order valence-electron chi connectivity index (χ4n) is 3.87. The van der Waals surface area contributed by atoms with E-state index in [0.29, 0.717) is 17.7 Å². The van der Waals surface area contributed by atoms with Crippen LogP contribution in [0, 0.1) is 0 Å². The predicted molar refractivity (Wildman–Crippen MR) is 150 cm³/mol. The number of halogens is 3. The fourth-order valence-corrected chi connectivity index (χ4v) is 6.29. The summed E-state index contributed by atoms with van der Waals surface area (Å²) in [7, 11) is -6.56. The highest BCUT2D eigenvalue weighted by atomic mass is 32.2. The van der Waals surface area contributed by atoms with Crippen LogP contribution in [0.1, 0.15) is 90.5 Å². The largest absolute Gasteiger partial charge is 0.493 e. The minimum absolute atomic E-state index is 0.0225. The summed E-state index contributed by atoms with van der Waals surface area (Å²) in [6, 6.07) is 6.40. The van der Waals surface area contributed by atoms with E-state index < -0.39 is 29.1 Å². The van der Waals surface area contributed by atoms with Gasteiger partial charge in [0.15, 0.2) is 9.84 Å². The van der Waals surface area contributed by atoms with E-state index in [2.05, 4.69) is 6.92 Å². The van der Waals surface area contributed by atoms with Gasteiger partial charge in [-0.2, -0.15) is 13.2 Å². The second-order valence-corrected chi connectivity index (χ2v) is 15.0. The first-order chi connectivity index (χ1) is 17.9. The first kappa shape index (κ1) is 34.6. The summed E-state index contributed by atoms with van der Waals surface area (Å²) >= 11 is 0. The van der Waals surface area contributed by atoms with E-state index in [0.717, 1.165) is 25.3 Å². The monoisotopic (exact) mass is 582 g/mol. The molecule has 1 aromatic rings. The fraction of sp³-hybridized carbons (Fsp3) is 0.714. The molecule has 0 radical (unpaired) electrons. The van der Waals surface area contributed by atoms with Crippen molar-refractivity contribution in [1.82, 2.24) is 0 Å². The molecule has 0 atom stereocenters. The van der Waals surface area contributed by atoms with Gasteiger partial charge in [-0.15, -0.1) is 0 Å². The molecule has 0 heterocycles. The minimum atomic E-state index is -4.73. The molecule has 0 spiro atoms. The molecular weight excluding hydrogens is 536 g/mol. The van der Waals surface area contributed by atoms with E-state index in [9.17, 15) is 26.2 Å². The molecule has 0 aliphatic heterocycles. The normalized spacial score (nSPS) is 13.1. The number of alkyl halides is 3. The summed E-state index contributed by atoms with van der Waals surface area (Å²) in [4.78, 5) is 0. The van der Waals surface area contributed by atoms with Crippen molar-refractivity contribution in [3.05, 3.63) is 41.7 Å². The maximum atomic E-state index is 13.3. The van der Waals surface area contributed by atoms with Gasteiger partial charge in [-0.05, 0) is 36.6 Å². The van der Waals surface area contributed by atoms with E-state index in [4.69, 9.17) is 9.26 Å². The number of allylic oxidation sites excluding steroid dienone is 2. The van der Waals surface area contributed by atoms with Gasteiger partial charge < -0.3 is 9.26 Å². The molecule has 0 bridgehead atoms. The van der Waals surface area contributed by atoms with E-state index in [1.165, 1.54) is 38.5 Å². The van der Waals surface area contributed by atoms with Gasteiger partial charge in [0.05, 0.1) is 11.5 Å². The van der Waals surface area contributed by atoms with E-state index in [1.807, 2.05) is 0 Å². The number of sulfone groups is 1. The molecule has 0 N–H and O–H groups in total. The molecule has 0 fully saturated rings. The van der Waals surface area contributed by atoms with Crippen LogP contribution >= 0.6 is 7.37 Å². The van der Waals surface area contributed by atoms with E-state index >= 15 is 0 Å². The van der Waals surface area contributed by atoms with Gasteiger partial charge in [0.25, 0.3) is 0 Å². The third kappa shape index (κ3) is 15.2. The Balaban J connectivity index is 2.40. The van der Waals surface area contributed by atoms with Crippen molar-refractivity contribution in [2.75, 3.05) is 30.4 Å². The Kier molecular flexibility index (Phi) is 16.4. The Hall–Kier alpha value is -1.47. The zero-order valence-electron chi connectivity index (χ0n) is 23.2. The number of unbranched alkanes of at least 4 members (excludes halogenated alkanes) is 9. The lowest BCUT2D eigenvalue weighted by Crippen LogP contribution is -2.17. The second-order valence-electron chi connectivity index (χ2n) is 9.63. The van der Waals surface area contributed by atoms with Crippen LogP contribution in [0.4, 0.5) is 13.2 Å². The van der Waals surface area contributed by atoms with Crippen LogP contribution in [0.15, 0.2) is 36.1 Å². The van der Waals surface area contributed by atoms with Crippen LogP contribution < -0.4 is 4.74 Å². The van der Waals surface area contributed by atoms with E-state index in [1.54, 1.807) is 38.1 Å². The highest BCUT2D eigenvalue weighted by Gasteiger charge is 2.39. The summed E-state index contributed by atoms with van der Waals surface area (Å²) in [5.41, 5.74) is 0.583. The number of hydrogen-bond acceptors (Lipinski definition) is 5. The summed E-state index contributed by atoms with van der Waals surface area (Å²) in [5, 5.41) is 0. The highest BCUT2D eigenvalue weighted by molar-refractivity contribution is 7.91. The number of hydrogen-bond donors (Lipinski definition) is 0. The van der Waals surface area contributed by atoms with Crippen molar-refractivity contribution in [2.45, 2.75) is 97.6 Å². The number of ether oxygens (including phenoxy) is 1. The Morgan fingerprint density at radius 1 is 0.842 bits per heavy atom. The van der Waals surface area contributed by atoms with Gasteiger partial charge in [0.2, 0.25) is 13.1 Å². The third-order valence-electron chi connectivity index (χ3n) is 6.43. The molecule has 0 aromatic heterocycles. The summed E-state index contributed by atoms with van der Waals surface area (Å²) in [6.07, 6.45) is 7.58. The molecule has 10 heteroatoms. The summed E-state index contributed by atoms with van der Waals surface area (Å²) in [6.45, 7) is 5.31. The number of rotatable bonds is 21. The minimum Gasteiger partial charge on any atom is -0.493 e. The second kappa shape index (κ2) is 18.0. The van der Waals surface area contributed by atoms with Crippen molar-refractivity contribution in [3.63, 3.8) is 0 Å². The first-order valence-corrected chi connectivity index (χ1v) is 17.7. The first-order valence-electron chi connectivity index (χ1n) is 13.9. The standard InChI is InChI=1S/C28H46F3O5PS/c1-4-7-8-9-10-11-12-13-14-15-23-38(33,34)24-22-35-26-19-16-25(17-20-26)18-21-27(28(29,30)31)36-37(32,5-2)6-3/h16-17,19-21H,4-15,18,22-24H2,1-3H3/b27-21-. The molecule has 5 nitrogen and oxygen atoms in total. The zero-order chi connectivity index (χ0) is 28.5. The molecule has 38 heavy (non-hydrogen) atoms. The Bertz CT molecular complexity index is 952. The molecule has 0 saturated heterocycles. The highest BCUT2D eigenvalue weighted by Crippen LogP contribution is 2.50. The van der Waals surface area contributed by atoms with Gasteiger partial charge in [0.1, 0.15) is 12.4 Å². The van der Waals surface area contributed by atoms with E-state index in [-0.39, 0.29) is 36.9 Å². The lowest BCUT2D eigenvalue weighted by molar-refractivity contribution is -0.116. The molecule has 220 valence electrons. The molecule has 0 aliphatic carbocycles. The lowest BCUT2D eigenvalue weighted by atomic mass is 10.1. The van der Waals surface area contributed by atoms with Gasteiger partial charge in [-0.3, -0.25) is 4.57 Å². The van der Waals surface area contributed by atoms with Crippen LogP contribution in [0.5, 0.6) is 5.75 Å². The molecule has 1 rings (SSSR count). The molecular formula is C28H46F3O5PS. The van der Waals surface area contributed by atoms with Crippen molar-refractivity contribution < 1.29 is 35.4 Å². The van der Waals surface area contributed by atoms with Crippen LogP contribution in [0.2, 0.25) is 0 Å². The third-order valence-corrected chi connectivity index (χ3v) is 10.6. The van der Waals surface area contributed by atoms with Crippen LogP contribution in [-0.2, 0) is 25.3 Å². The van der Waals surface area contributed by atoms with Gasteiger partial charge in [0, 0.05) is 12.3 Å². The quantitative estimate of drug-likeness (QED) is 0.0824. The average Bonchev–Trinajstić information content (AvgIpc) is 2.87. The molecule has 0 aliphatic rings. The number of benzene rings is 1. The maximum Gasteiger partial charge on any atom is 0.449 e. The smallest absolute Gasteiger partial charge is 0.449 e. The molecule has 0 unspecified atom stereocenters. The lowest BCUT2D eigenvalue weighted by Gasteiger charge is -2.20. The topological polar surface area (TPSA) is 69.7 Å². The van der Waals surface area contributed by atoms with Crippen molar-refractivity contribution >= 4 is 17.2 Å². The van der Waals surface area contributed by atoms with Crippen molar-refractivity contribution in [3.8, 4) is 5.75 Å². The van der Waals surface area contributed by atoms with Crippen molar-refractivity contribution in [2.24, 2.45) is 0 Å². The zero-order valence-corrected chi connectivity index (χ0v) is 24.9. The summed E-state index contributed by atoms with van der Waals surface area (Å²) in [5.74, 6) is -0.709. The van der Waals surface area contributed by atoms with Crippen LogP contribution in [-0.4, -0.2) is 45.0 Å². The maximum absolute atomic E-state index is 13.3. The van der Waals surface area contributed by atoms with Gasteiger partial charge >= 0.3 is 6.18 Å². The van der Waals surface area contributed by atoms with Crippen LogP contribution in [0.25, 0.3) is 0 Å². The van der Waals surface area contributed by atoms with Gasteiger partial charge in [-0.25, -0.2) is 8.42 Å². The average molecular weight is 583 g/mol. The van der Waals surface area contributed by atoms with Crippen LogP contribution in [0.3, 0.4) is 0 Å². The summed E-state index contributed by atoms with van der Waals surface area (Å²) < 4.78 is 87.4. The molecule has 1 aromatic carbocycles. The molecule has 0 amide bonds. The van der Waals surface area contributed by atoms with Gasteiger partial charge in [-0.1, -0.05) is 90.7 Å². The predicted octanol–water partition coefficient (Wildman–Crippen LogP) is 8.72. The Labute approximate surface area is 227 Å². The molecule has 0 saturated carbocycles. The Morgan fingerprint density at radius 2 is 1.37 bits per heavy atom. The Morgan fingerprint density at radius 3 is 1.87 bits per heavy atom. The van der Waals surface area contributed by atoms with Crippen molar-refractivity contribution in [1.29, 1.82) is 0 Å².